The third-order valence-electron chi connectivity index (χ3n) is 2.13. The lowest BCUT2D eigenvalue weighted by molar-refractivity contribution is -0.126. The Bertz CT molecular complexity index is 151. The molecule has 0 aromatic rings. The molecule has 0 amide bonds. The Balaban J connectivity index is 2.17. The Labute approximate surface area is 53.4 Å². The number of carbonyl (C=O) groups is 1. The monoisotopic (exact) mass is 127 g/mol. The van der Waals surface area contributed by atoms with Crippen LogP contribution in [0.5, 0.6) is 0 Å². The maximum atomic E-state index is 11.0. The maximum absolute atomic E-state index is 11.0. The highest BCUT2D eigenvalue weighted by Crippen LogP contribution is 2.28. The lowest BCUT2D eigenvalue weighted by Gasteiger charge is -2.35. The van der Waals surface area contributed by atoms with Crippen LogP contribution in [0.3, 0.4) is 0 Å². The zero-order valence-corrected chi connectivity index (χ0v) is 5.14. The minimum atomic E-state index is -0.0972. The van der Waals surface area contributed by atoms with Crippen LogP contribution in [0.1, 0.15) is 0 Å². The first-order chi connectivity index (χ1) is 4.33. The molecule has 2 rings (SSSR count). The highest BCUT2D eigenvalue weighted by atomic mass is 16.5. The lowest BCUT2D eigenvalue weighted by Crippen LogP contribution is -2.57. The topological polar surface area (TPSA) is 38.3 Å². The molecule has 50 valence electrons. The van der Waals surface area contributed by atoms with Gasteiger partial charge in [-0.1, -0.05) is 0 Å². The van der Waals surface area contributed by atoms with Gasteiger partial charge in [-0.3, -0.25) is 4.79 Å². The van der Waals surface area contributed by atoms with Crippen molar-refractivity contribution in [1.82, 2.24) is 5.32 Å². The van der Waals surface area contributed by atoms with Gasteiger partial charge >= 0.3 is 0 Å². The smallest absolute Gasteiger partial charge is 0.169 e. The van der Waals surface area contributed by atoms with E-state index in [2.05, 4.69) is 5.32 Å². The Morgan fingerprint density at radius 2 is 2.33 bits per heavy atom. The van der Waals surface area contributed by atoms with Crippen molar-refractivity contribution in [1.29, 1.82) is 0 Å². The van der Waals surface area contributed by atoms with Gasteiger partial charge in [0, 0.05) is 13.1 Å². The zero-order chi connectivity index (χ0) is 6.32. The fourth-order valence-corrected chi connectivity index (χ4v) is 1.30. The molecule has 0 radical (unpaired) electrons. The molecule has 0 unspecified atom stereocenters. The number of hydrogen-bond acceptors (Lipinski definition) is 3. The van der Waals surface area contributed by atoms with E-state index in [1.54, 1.807) is 0 Å². The van der Waals surface area contributed by atoms with Crippen LogP contribution < -0.4 is 5.32 Å². The summed E-state index contributed by atoms with van der Waals surface area (Å²) in [5, 5.41) is 3.07. The summed E-state index contributed by atoms with van der Waals surface area (Å²) in [6, 6.07) is 0. The fraction of sp³-hybridized carbons (Fsp3) is 0.833. The molecule has 0 aromatic heterocycles. The van der Waals surface area contributed by atoms with Gasteiger partial charge in [0.1, 0.15) is 6.61 Å². The van der Waals surface area contributed by atoms with Crippen LogP contribution in [0.15, 0.2) is 0 Å². The van der Waals surface area contributed by atoms with E-state index in [1.165, 1.54) is 0 Å². The van der Waals surface area contributed by atoms with E-state index in [9.17, 15) is 4.79 Å². The van der Waals surface area contributed by atoms with Gasteiger partial charge in [-0.2, -0.15) is 0 Å². The van der Waals surface area contributed by atoms with Crippen LogP contribution in [0.2, 0.25) is 0 Å². The van der Waals surface area contributed by atoms with Gasteiger partial charge in [0.05, 0.1) is 12.0 Å². The molecule has 0 saturated carbocycles. The van der Waals surface area contributed by atoms with E-state index in [1.807, 2.05) is 0 Å². The Morgan fingerprint density at radius 1 is 1.56 bits per heavy atom. The molecule has 1 spiro atoms. The first kappa shape index (κ1) is 5.38. The summed E-state index contributed by atoms with van der Waals surface area (Å²) in [6.45, 7) is 2.62. The van der Waals surface area contributed by atoms with Gasteiger partial charge in [-0.25, -0.2) is 0 Å². The highest BCUT2D eigenvalue weighted by molar-refractivity contribution is 5.89. The molecular formula is C6H9NO2. The van der Waals surface area contributed by atoms with Crippen molar-refractivity contribution in [3.8, 4) is 0 Å². The van der Waals surface area contributed by atoms with Gasteiger partial charge in [0.15, 0.2) is 5.78 Å². The minimum absolute atomic E-state index is 0.0972. The average Bonchev–Trinajstić information content (AvgIpc) is 2.07. The van der Waals surface area contributed by atoms with E-state index in [-0.39, 0.29) is 11.2 Å². The second kappa shape index (κ2) is 1.55. The number of rotatable bonds is 0. The van der Waals surface area contributed by atoms with Crippen LogP contribution in [-0.4, -0.2) is 32.1 Å². The molecular weight excluding hydrogens is 118 g/mol. The SMILES string of the molecule is O=C1COCC12CNC2. The summed E-state index contributed by atoms with van der Waals surface area (Å²) in [6.07, 6.45) is 0. The fourth-order valence-electron chi connectivity index (χ4n) is 1.30. The standard InChI is InChI=1S/C6H9NO2/c8-5-1-9-4-6(5)2-7-3-6/h7H,1-4H2. The molecule has 0 aromatic carbocycles. The second-order valence-electron chi connectivity index (χ2n) is 2.80. The zero-order valence-electron chi connectivity index (χ0n) is 5.14. The Hall–Kier alpha value is -0.410. The molecule has 3 nitrogen and oxygen atoms in total. The van der Waals surface area contributed by atoms with E-state index >= 15 is 0 Å². The summed E-state index contributed by atoms with van der Waals surface area (Å²) in [5.41, 5.74) is -0.0972. The quantitative estimate of drug-likeness (QED) is 0.462. The van der Waals surface area contributed by atoms with E-state index < -0.39 is 0 Å². The summed E-state index contributed by atoms with van der Waals surface area (Å²) in [4.78, 5) is 11.0. The lowest BCUT2D eigenvalue weighted by atomic mass is 9.80. The van der Waals surface area contributed by atoms with Gasteiger partial charge in [-0.05, 0) is 0 Å². The molecule has 0 bridgehead atoms. The molecule has 2 heterocycles. The number of ketones is 1. The molecule has 2 saturated heterocycles. The number of Topliss-reactive ketones (excluding diaryl/α,β-unsaturated/α-hetero) is 1. The van der Waals surface area contributed by atoms with Crippen molar-refractivity contribution in [2.24, 2.45) is 5.41 Å². The second-order valence-corrected chi connectivity index (χ2v) is 2.80. The van der Waals surface area contributed by atoms with Crippen LogP contribution >= 0.6 is 0 Å². The Kier molecular flexibility index (Phi) is 0.926. The molecule has 2 aliphatic heterocycles. The highest BCUT2D eigenvalue weighted by Gasteiger charge is 2.47. The van der Waals surface area contributed by atoms with Crippen molar-refractivity contribution in [3.63, 3.8) is 0 Å². The summed E-state index contributed by atoms with van der Waals surface area (Å²) < 4.78 is 5.02. The van der Waals surface area contributed by atoms with Crippen molar-refractivity contribution in [2.45, 2.75) is 0 Å². The Morgan fingerprint density at radius 3 is 2.56 bits per heavy atom. The predicted molar refractivity (Wildman–Crippen MR) is 31.1 cm³/mol. The first-order valence-electron chi connectivity index (χ1n) is 3.15. The van der Waals surface area contributed by atoms with Gasteiger partial charge in [0.2, 0.25) is 0 Å². The normalized spacial score (nSPS) is 30.9. The largest absolute Gasteiger partial charge is 0.373 e. The minimum Gasteiger partial charge on any atom is -0.373 e. The van der Waals surface area contributed by atoms with Crippen molar-refractivity contribution < 1.29 is 9.53 Å². The first-order valence-corrected chi connectivity index (χ1v) is 3.15. The van der Waals surface area contributed by atoms with Gasteiger partial charge in [0.25, 0.3) is 0 Å². The molecule has 3 heteroatoms. The van der Waals surface area contributed by atoms with Crippen molar-refractivity contribution >= 4 is 5.78 Å². The van der Waals surface area contributed by atoms with Crippen molar-refractivity contribution in [3.05, 3.63) is 0 Å². The van der Waals surface area contributed by atoms with E-state index in [0.717, 1.165) is 13.1 Å². The summed E-state index contributed by atoms with van der Waals surface area (Å²) >= 11 is 0. The third kappa shape index (κ3) is 0.559. The number of carbonyl (C=O) groups excluding carboxylic acids is 1. The number of nitrogens with one attached hydrogen (secondary N) is 1. The number of ether oxygens (including phenoxy) is 1. The van der Waals surface area contributed by atoms with Crippen LogP contribution in [0.4, 0.5) is 0 Å². The van der Waals surface area contributed by atoms with Gasteiger partial charge < -0.3 is 10.1 Å². The maximum Gasteiger partial charge on any atom is 0.169 e. The van der Waals surface area contributed by atoms with Crippen LogP contribution in [-0.2, 0) is 9.53 Å². The molecule has 2 fully saturated rings. The van der Waals surface area contributed by atoms with Crippen LogP contribution in [0.25, 0.3) is 0 Å². The number of hydrogen-bond donors (Lipinski definition) is 1. The predicted octanol–water partition coefficient (Wildman–Crippen LogP) is -0.825. The molecule has 9 heavy (non-hydrogen) atoms. The molecule has 0 atom stereocenters. The summed E-state index contributed by atoms with van der Waals surface area (Å²) in [7, 11) is 0. The van der Waals surface area contributed by atoms with E-state index in [0.29, 0.717) is 13.2 Å². The van der Waals surface area contributed by atoms with Crippen LogP contribution in [0, 0.1) is 5.41 Å². The van der Waals surface area contributed by atoms with Gasteiger partial charge in [-0.15, -0.1) is 0 Å². The summed E-state index contributed by atoms with van der Waals surface area (Å²) in [5.74, 6) is 0.279. The molecule has 2 aliphatic rings. The molecule has 0 aliphatic carbocycles. The molecule has 1 N–H and O–H groups in total. The third-order valence-corrected chi connectivity index (χ3v) is 2.13. The van der Waals surface area contributed by atoms with E-state index in [4.69, 9.17) is 4.74 Å². The average molecular weight is 127 g/mol. The van der Waals surface area contributed by atoms with Crippen molar-refractivity contribution in [2.75, 3.05) is 26.3 Å².